The van der Waals surface area contributed by atoms with Crippen LogP contribution in [-0.2, 0) is 24.4 Å². The molecule has 0 aromatic heterocycles. The zero-order valence-corrected chi connectivity index (χ0v) is 9.03. The minimum atomic E-state index is -5.12. The molecule has 0 amide bonds. The summed E-state index contributed by atoms with van der Waals surface area (Å²) in [5.74, 6) is 0. The van der Waals surface area contributed by atoms with Crippen molar-refractivity contribution >= 4 is 20.8 Å². The van der Waals surface area contributed by atoms with E-state index in [2.05, 4.69) is 3.63 Å². The maximum atomic E-state index is 9.44. The van der Waals surface area contributed by atoms with Gasteiger partial charge in [-0.05, 0) is 0 Å². The van der Waals surface area contributed by atoms with Crippen LogP contribution in [0.3, 0.4) is 0 Å². The Morgan fingerprint density at radius 2 is 1.10 bits per heavy atom. The summed E-state index contributed by atoms with van der Waals surface area (Å²) in [4.78, 5) is 0. The van der Waals surface area contributed by atoms with Crippen LogP contribution < -0.4 is 0 Å². The van der Waals surface area contributed by atoms with Crippen molar-refractivity contribution in [2.24, 2.45) is 0 Å². The molecule has 0 aromatic rings. The first-order valence-corrected chi connectivity index (χ1v) is 4.10. The molecule has 0 fully saturated rings. The second-order valence-corrected chi connectivity index (χ2v) is 3.18. The fraction of sp³-hybridized carbons (Fsp3) is 0. The smallest absolute Gasteiger partial charge is 0.263 e. The zero-order chi connectivity index (χ0) is 7.71. The molecule has 60 valence electrons. The van der Waals surface area contributed by atoms with Gasteiger partial charge in [0.2, 0.25) is 0 Å². The van der Waals surface area contributed by atoms with Gasteiger partial charge in [-0.2, -0.15) is 16.8 Å². The van der Waals surface area contributed by atoms with E-state index in [9.17, 15) is 16.8 Å². The van der Waals surface area contributed by atoms with E-state index in [1.807, 2.05) is 0 Å². The minimum Gasteiger partial charge on any atom is -0.263 e. The second kappa shape index (κ2) is 4.25. The zero-order valence-electron chi connectivity index (χ0n) is 4.25. The Balaban J connectivity index is 0. The summed E-state index contributed by atoms with van der Waals surface area (Å²) in [5.41, 5.74) is 0. The molecule has 0 radical (unpaired) electrons. The van der Waals surface area contributed by atoms with E-state index in [1.54, 1.807) is 0 Å². The maximum absolute atomic E-state index is 9.44. The second-order valence-electron chi connectivity index (χ2n) is 0.924. The van der Waals surface area contributed by atoms with Crippen molar-refractivity contribution in [2.75, 3.05) is 0 Å². The molecule has 10 heteroatoms. The standard InChI is InChI=1S/Ce.H2O7S2/c;1-8(2,3)7-9(4,5)6/h;(H,1,2,3)(H,4,5,6). The maximum Gasteiger partial charge on any atom is 0.413 e. The van der Waals surface area contributed by atoms with Gasteiger partial charge in [-0.15, -0.1) is 3.63 Å². The van der Waals surface area contributed by atoms with Gasteiger partial charge in [0.25, 0.3) is 0 Å². The van der Waals surface area contributed by atoms with Gasteiger partial charge in [-0.3, -0.25) is 9.11 Å². The van der Waals surface area contributed by atoms with E-state index in [4.69, 9.17) is 9.11 Å². The summed E-state index contributed by atoms with van der Waals surface area (Å²) < 4.78 is 55.6. The summed E-state index contributed by atoms with van der Waals surface area (Å²) in [6, 6.07) is 0. The van der Waals surface area contributed by atoms with Gasteiger partial charge in [-0.1, -0.05) is 0 Å². The summed E-state index contributed by atoms with van der Waals surface area (Å²) in [5, 5.41) is 0. The Kier molecular flexibility index (Phi) is 5.83. The van der Waals surface area contributed by atoms with Crippen molar-refractivity contribution in [1.82, 2.24) is 0 Å². The van der Waals surface area contributed by atoms with Gasteiger partial charge in [0.15, 0.2) is 0 Å². The quantitative estimate of drug-likeness (QED) is 0.602. The van der Waals surface area contributed by atoms with Crippen molar-refractivity contribution in [3.63, 3.8) is 0 Å². The molecule has 10 heavy (non-hydrogen) atoms. The summed E-state index contributed by atoms with van der Waals surface area (Å²) in [6.07, 6.45) is 0. The van der Waals surface area contributed by atoms with Gasteiger partial charge < -0.3 is 0 Å². The Labute approximate surface area is 91.0 Å². The molecular formula is H2CeO7S2. The van der Waals surface area contributed by atoms with Crippen molar-refractivity contribution in [2.45, 2.75) is 0 Å². The minimum absolute atomic E-state index is 0. The van der Waals surface area contributed by atoms with Crippen LogP contribution in [0.15, 0.2) is 0 Å². The molecule has 0 saturated carbocycles. The molecule has 2 N–H and O–H groups in total. The van der Waals surface area contributed by atoms with Crippen LogP contribution in [0.25, 0.3) is 0 Å². The van der Waals surface area contributed by atoms with Crippen molar-refractivity contribution in [3.8, 4) is 0 Å². The fourth-order valence-corrected chi connectivity index (χ4v) is 0.978. The molecule has 0 heterocycles. The van der Waals surface area contributed by atoms with E-state index in [-0.39, 0.29) is 41.7 Å². The third kappa shape index (κ3) is 11.9. The Morgan fingerprint density at radius 1 is 0.900 bits per heavy atom. The molecule has 0 aromatic carbocycles. The molecule has 0 spiro atoms. The van der Waals surface area contributed by atoms with Crippen LogP contribution in [-0.4, -0.2) is 25.9 Å². The summed E-state index contributed by atoms with van der Waals surface area (Å²) in [7, 11) is -10.2. The van der Waals surface area contributed by atoms with E-state index < -0.39 is 20.8 Å². The first kappa shape index (κ1) is 13.7. The molecule has 0 unspecified atom stereocenters. The fourth-order valence-electron chi connectivity index (χ4n) is 0.109. The third-order valence-corrected chi connectivity index (χ3v) is 1.55. The molecule has 0 atom stereocenters. The van der Waals surface area contributed by atoms with Crippen molar-refractivity contribution in [3.05, 3.63) is 0 Å². The normalized spacial score (nSPS) is 12.2. The first-order valence-electron chi connectivity index (χ1n) is 1.37. The van der Waals surface area contributed by atoms with Crippen molar-refractivity contribution < 1.29 is 71.3 Å². The Hall–Kier alpha value is 1.16. The van der Waals surface area contributed by atoms with Crippen LogP contribution in [0.5, 0.6) is 0 Å². The monoisotopic (exact) mass is 318 g/mol. The summed E-state index contributed by atoms with van der Waals surface area (Å²) in [6.45, 7) is 0. The number of hydrogen-bond acceptors (Lipinski definition) is 5. The van der Waals surface area contributed by atoms with Gasteiger partial charge in [-0.25, -0.2) is 0 Å². The van der Waals surface area contributed by atoms with Crippen LogP contribution >= 0.6 is 0 Å². The van der Waals surface area contributed by atoms with Gasteiger partial charge in [0.05, 0.1) is 0 Å². The summed E-state index contributed by atoms with van der Waals surface area (Å²) >= 11 is 0. The molecule has 0 aliphatic heterocycles. The van der Waals surface area contributed by atoms with Gasteiger partial charge >= 0.3 is 20.8 Å². The van der Waals surface area contributed by atoms with Crippen LogP contribution in [0, 0.1) is 41.7 Å². The predicted octanol–water partition coefficient (Wildman–Crippen LogP) is -1.39. The first-order chi connectivity index (χ1) is 3.71. The van der Waals surface area contributed by atoms with E-state index in [0.717, 1.165) is 0 Å². The Morgan fingerprint density at radius 3 is 1.10 bits per heavy atom. The average Bonchev–Trinajstić information content (AvgIpc) is 1.14. The van der Waals surface area contributed by atoms with E-state index in [0.29, 0.717) is 0 Å². The molecule has 0 rings (SSSR count). The van der Waals surface area contributed by atoms with E-state index in [1.165, 1.54) is 0 Å². The predicted molar refractivity (Wildman–Crippen MR) is 24.2 cm³/mol. The van der Waals surface area contributed by atoms with Gasteiger partial charge in [0.1, 0.15) is 0 Å². The number of rotatable bonds is 2. The van der Waals surface area contributed by atoms with Gasteiger partial charge in [0, 0.05) is 41.7 Å². The largest absolute Gasteiger partial charge is 0.413 e. The van der Waals surface area contributed by atoms with E-state index >= 15 is 0 Å². The molecule has 7 nitrogen and oxygen atoms in total. The molecule has 0 aliphatic carbocycles. The molecular weight excluding hydrogens is 316 g/mol. The third-order valence-electron chi connectivity index (χ3n) is 0.172. The molecule has 0 bridgehead atoms. The van der Waals surface area contributed by atoms with Crippen LogP contribution in [0.1, 0.15) is 0 Å². The molecule has 0 aliphatic rings. The molecule has 0 saturated heterocycles. The van der Waals surface area contributed by atoms with Crippen LogP contribution in [0.2, 0.25) is 0 Å². The topological polar surface area (TPSA) is 118 Å². The van der Waals surface area contributed by atoms with Crippen LogP contribution in [0.4, 0.5) is 0 Å². The number of hydrogen-bond donors (Lipinski definition) is 2. The average molecular weight is 318 g/mol. The Bertz CT molecular complexity index is 237. The SMILES string of the molecule is O=S(=O)(O)OS(=O)(=O)O.[Ce]. The van der Waals surface area contributed by atoms with Crippen molar-refractivity contribution in [1.29, 1.82) is 0 Å².